The van der Waals surface area contributed by atoms with E-state index < -0.39 is 28.6 Å². The summed E-state index contributed by atoms with van der Waals surface area (Å²) < 4.78 is 0. The van der Waals surface area contributed by atoms with E-state index in [9.17, 15) is 19.2 Å². The molecule has 0 aromatic rings. The van der Waals surface area contributed by atoms with Gasteiger partial charge in [-0.25, -0.2) is 0 Å². The van der Waals surface area contributed by atoms with Crippen LogP contribution >= 0.6 is 0 Å². The van der Waals surface area contributed by atoms with E-state index in [0.717, 1.165) is 19.4 Å². The highest BCUT2D eigenvalue weighted by Crippen LogP contribution is 2.12. The minimum atomic E-state index is -1.25. The van der Waals surface area contributed by atoms with E-state index in [-0.39, 0.29) is 24.0 Å². The van der Waals surface area contributed by atoms with Crippen LogP contribution in [0.2, 0.25) is 0 Å². The largest absolute Gasteiger partial charge is 0.347 e. The second-order valence-corrected chi connectivity index (χ2v) is 9.42. The first-order valence-electron chi connectivity index (χ1n) is 10.4. The van der Waals surface area contributed by atoms with Crippen molar-refractivity contribution in [3.05, 3.63) is 0 Å². The lowest BCUT2D eigenvalue weighted by Gasteiger charge is -2.32. The number of ketones is 2. The molecule has 2 amide bonds. The smallest absolute Gasteiger partial charge is 0.245 e. The zero-order chi connectivity index (χ0) is 23.8. The number of Topliss-reactive ketones (excluding diaryl/α,β-unsaturated/α-hetero) is 2. The van der Waals surface area contributed by atoms with Gasteiger partial charge < -0.3 is 21.7 Å². The molecular formula is C21H41N5O4. The number of nitrogens with two attached hydrogens (primary N) is 1. The maximum atomic E-state index is 13.0. The Morgan fingerprint density at radius 1 is 0.933 bits per heavy atom. The quantitative estimate of drug-likeness (QED) is 0.246. The number of carbonyl (C=O) groups is 4. The molecule has 0 aromatic heterocycles. The van der Waals surface area contributed by atoms with Crippen LogP contribution in [0, 0.1) is 0 Å². The zero-order valence-electron chi connectivity index (χ0n) is 19.8. The molecule has 0 saturated carbocycles. The van der Waals surface area contributed by atoms with Gasteiger partial charge in [0.05, 0.1) is 23.7 Å². The van der Waals surface area contributed by atoms with Crippen LogP contribution in [0.1, 0.15) is 67.7 Å². The standard InChI is InChI=1S/C21H41N5O4/c1-14(27)20(4,5)25-15(11-9-10-12-23-8)17(29)26-21(6,7)18(30)24-13-16(28)19(2,3)22/h15,23,25H,9-13,22H2,1-8H3,(H,24,30)(H,26,29). The number of hydrogen-bond acceptors (Lipinski definition) is 7. The molecule has 30 heavy (non-hydrogen) atoms. The van der Waals surface area contributed by atoms with E-state index >= 15 is 0 Å². The molecule has 1 atom stereocenters. The molecule has 6 N–H and O–H groups in total. The predicted molar refractivity (Wildman–Crippen MR) is 118 cm³/mol. The van der Waals surface area contributed by atoms with E-state index in [4.69, 9.17) is 5.73 Å². The molecule has 0 aliphatic carbocycles. The molecular weight excluding hydrogens is 386 g/mol. The van der Waals surface area contributed by atoms with Crippen molar-refractivity contribution in [2.24, 2.45) is 5.73 Å². The summed E-state index contributed by atoms with van der Waals surface area (Å²) in [4.78, 5) is 49.4. The average molecular weight is 428 g/mol. The molecule has 174 valence electrons. The average Bonchev–Trinajstić information content (AvgIpc) is 2.60. The lowest BCUT2D eigenvalue weighted by Crippen LogP contribution is -2.62. The molecule has 9 nitrogen and oxygen atoms in total. The number of rotatable bonds is 14. The Kier molecular flexibility index (Phi) is 10.8. The fourth-order valence-electron chi connectivity index (χ4n) is 2.52. The van der Waals surface area contributed by atoms with Gasteiger partial charge in [0.15, 0.2) is 5.78 Å². The topological polar surface area (TPSA) is 142 Å². The lowest BCUT2D eigenvalue weighted by atomic mass is 9.96. The molecule has 0 radical (unpaired) electrons. The van der Waals surface area contributed by atoms with Gasteiger partial charge in [-0.15, -0.1) is 0 Å². The summed E-state index contributed by atoms with van der Waals surface area (Å²) in [6.45, 7) is 11.8. The van der Waals surface area contributed by atoms with E-state index in [1.165, 1.54) is 6.92 Å². The van der Waals surface area contributed by atoms with E-state index in [0.29, 0.717) is 6.42 Å². The molecule has 0 rings (SSSR count). The molecule has 0 heterocycles. The fourth-order valence-corrected chi connectivity index (χ4v) is 2.52. The van der Waals surface area contributed by atoms with Gasteiger partial charge in [-0.1, -0.05) is 6.42 Å². The molecule has 0 bridgehead atoms. The first-order chi connectivity index (χ1) is 13.5. The SMILES string of the molecule is CNCCCCC(NC(C)(C)C(C)=O)C(=O)NC(C)(C)C(=O)NCC(=O)C(C)(C)N. The van der Waals surface area contributed by atoms with Crippen LogP contribution in [-0.4, -0.2) is 66.2 Å². The van der Waals surface area contributed by atoms with Gasteiger partial charge in [0, 0.05) is 0 Å². The Hall–Kier alpha value is -1.84. The molecule has 0 aliphatic heterocycles. The summed E-state index contributed by atoms with van der Waals surface area (Å²) in [6, 6.07) is -0.641. The number of nitrogens with one attached hydrogen (secondary N) is 4. The van der Waals surface area contributed by atoms with Crippen LogP contribution in [-0.2, 0) is 19.2 Å². The van der Waals surface area contributed by atoms with Crippen molar-refractivity contribution < 1.29 is 19.2 Å². The summed E-state index contributed by atoms with van der Waals surface area (Å²) in [5.41, 5.74) is 2.55. The summed E-state index contributed by atoms with van der Waals surface area (Å²) in [6.07, 6.45) is 2.16. The molecule has 0 aliphatic rings. The fraction of sp³-hybridized carbons (Fsp3) is 0.810. The summed E-state index contributed by atoms with van der Waals surface area (Å²) in [5.74, 6) is -1.27. The number of hydrogen-bond donors (Lipinski definition) is 5. The zero-order valence-corrected chi connectivity index (χ0v) is 19.8. The monoisotopic (exact) mass is 427 g/mol. The second-order valence-electron chi connectivity index (χ2n) is 9.42. The minimum absolute atomic E-state index is 0.0876. The molecule has 0 fully saturated rings. The van der Waals surface area contributed by atoms with Crippen LogP contribution in [0.15, 0.2) is 0 Å². The second kappa shape index (κ2) is 11.5. The maximum Gasteiger partial charge on any atom is 0.245 e. The highest BCUT2D eigenvalue weighted by molar-refractivity contribution is 5.96. The van der Waals surface area contributed by atoms with Gasteiger partial charge in [0.1, 0.15) is 11.3 Å². The number of unbranched alkanes of at least 4 members (excludes halogenated alkanes) is 1. The minimum Gasteiger partial charge on any atom is -0.347 e. The number of amides is 2. The van der Waals surface area contributed by atoms with Crippen molar-refractivity contribution >= 4 is 23.4 Å². The van der Waals surface area contributed by atoms with Crippen LogP contribution < -0.4 is 27.0 Å². The highest BCUT2D eigenvalue weighted by Gasteiger charge is 2.35. The third-order valence-corrected chi connectivity index (χ3v) is 5.03. The predicted octanol–water partition coefficient (Wildman–Crippen LogP) is 0.0193. The van der Waals surface area contributed by atoms with E-state index in [2.05, 4.69) is 21.3 Å². The van der Waals surface area contributed by atoms with Gasteiger partial charge in [0.25, 0.3) is 0 Å². The summed E-state index contributed by atoms with van der Waals surface area (Å²) in [7, 11) is 1.86. The van der Waals surface area contributed by atoms with Gasteiger partial charge >= 0.3 is 0 Å². The van der Waals surface area contributed by atoms with E-state index in [1.54, 1.807) is 41.5 Å². The van der Waals surface area contributed by atoms with Crippen molar-refractivity contribution in [2.45, 2.75) is 90.4 Å². The summed E-state index contributed by atoms with van der Waals surface area (Å²) in [5, 5.41) is 11.4. The molecule has 0 aromatic carbocycles. The highest BCUT2D eigenvalue weighted by atomic mass is 16.2. The van der Waals surface area contributed by atoms with Gasteiger partial charge in [-0.05, 0) is 74.9 Å². The lowest BCUT2D eigenvalue weighted by molar-refractivity contribution is -0.135. The Bertz CT molecular complexity index is 623. The molecule has 0 saturated heterocycles. The van der Waals surface area contributed by atoms with Crippen molar-refractivity contribution in [1.82, 2.24) is 21.3 Å². The first-order valence-corrected chi connectivity index (χ1v) is 10.4. The Labute approximate surface area is 180 Å². The Balaban J connectivity index is 5.16. The van der Waals surface area contributed by atoms with Gasteiger partial charge in [-0.3, -0.25) is 24.5 Å². The third-order valence-electron chi connectivity index (χ3n) is 5.03. The van der Waals surface area contributed by atoms with Crippen LogP contribution in [0.25, 0.3) is 0 Å². The Morgan fingerprint density at radius 2 is 1.50 bits per heavy atom. The van der Waals surface area contributed by atoms with Crippen LogP contribution in [0.3, 0.4) is 0 Å². The van der Waals surface area contributed by atoms with Gasteiger partial charge in [0.2, 0.25) is 11.8 Å². The van der Waals surface area contributed by atoms with Crippen molar-refractivity contribution in [1.29, 1.82) is 0 Å². The maximum absolute atomic E-state index is 13.0. The normalized spacial score (nSPS) is 13.5. The van der Waals surface area contributed by atoms with Crippen LogP contribution in [0.5, 0.6) is 0 Å². The third kappa shape index (κ3) is 9.77. The number of carbonyl (C=O) groups excluding carboxylic acids is 4. The van der Waals surface area contributed by atoms with Crippen molar-refractivity contribution in [3.8, 4) is 0 Å². The Morgan fingerprint density at radius 3 is 1.97 bits per heavy atom. The molecule has 9 heteroatoms. The summed E-state index contributed by atoms with van der Waals surface area (Å²) >= 11 is 0. The molecule has 0 spiro atoms. The van der Waals surface area contributed by atoms with Crippen molar-refractivity contribution in [3.63, 3.8) is 0 Å². The van der Waals surface area contributed by atoms with Crippen molar-refractivity contribution in [2.75, 3.05) is 20.1 Å². The van der Waals surface area contributed by atoms with Gasteiger partial charge in [-0.2, -0.15) is 0 Å². The van der Waals surface area contributed by atoms with Crippen LogP contribution in [0.4, 0.5) is 0 Å². The van der Waals surface area contributed by atoms with E-state index in [1.807, 2.05) is 7.05 Å². The molecule has 1 unspecified atom stereocenters. The first kappa shape index (κ1) is 28.2.